The number of benzene rings is 1. The third-order valence-electron chi connectivity index (χ3n) is 2.49. The first-order valence-corrected chi connectivity index (χ1v) is 6.34. The summed E-state index contributed by atoms with van der Waals surface area (Å²) in [6.07, 6.45) is 0.533. The van der Waals surface area contributed by atoms with Crippen LogP contribution in [-0.4, -0.2) is 23.2 Å². The van der Waals surface area contributed by atoms with Gasteiger partial charge in [-0.05, 0) is 51.0 Å². The fourth-order valence-corrected chi connectivity index (χ4v) is 2.20. The number of halogens is 1. The lowest BCUT2D eigenvalue weighted by Gasteiger charge is -2.25. The normalized spacial score (nSPS) is 11.4. The van der Waals surface area contributed by atoms with Crippen LogP contribution in [0.15, 0.2) is 22.7 Å². The summed E-state index contributed by atoms with van der Waals surface area (Å²) >= 11 is 3.37. The molecule has 2 N–H and O–H groups in total. The van der Waals surface area contributed by atoms with Crippen molar-refractivity contribution in [2.75, 3.05) is 6.61 Å². The number of rotatable bonds is 4. The van der Waals surface area contributed by atoms with Crippen molar-refractivity contribution >= 4 is 21.8 Å². The zero-order chi connectivity index (χ0) is 13.1. The largest absolute Gasteiger partial charge is 0.396 e. The Kier molecular flexibility index (Phi) is 4.71. The van der Waals surface area contributed by atoms with Gasteiger partial charge in [-0.2, -0.15) is 0 Å². The minimum atomic E-state index is -0.401. The number of carbonyl (C=O) groups is 1. The van der Waals surface area contributed by atoms with Crippen molar-refractivity contribution in [1.82, 2.24) is 5.32 Å². The predicted molar refractivity (Wildman–Crippen MR) is 72.1 cm³/mol. The second-order valence-electron chi connectivity index (χ2n) is 4.83. The van der Waals surface area contributed by atoms with E-state index >= 15 is 0 Å². The van der Waals surface area contributed by atoms with Crippen molar-refractivity contribution < 1.29 is 9.90 Å². The van der Waals surface area contributed by atoms with Crippen molar-refractivity contribution in [1.29, 1.82) is 0 Å². The molecule has 0 aliphatic carbocycles. The highest BCUT2D eigenvalue weighted by Gasteiger charge is 2.20. The number of aliphatic hydroxyl groups excluding tert-OH is 1. The van der Waals surface area contributed by atoms with Crippen LogP contribution in [0.4, 0.5) is 0 Å². The molecule has 0 bridgehead atoms. The van der Waals surface area contributed by atoms with E-state index in [1.54, 1.807) is 6.07 Å². The van der Waals surface area contributed by atoms with Gasteiger partial charge in [0, 0.05) is 22.2 Å². The number of aliphatic hydroxyl groups is 1. The van der Waals surface area contributed by atoms with Crippen molar-refractivity contribution in [2.45, 2.75) is 32.7 Å². The van der Waals surface area contributed by atoms with Crippen LogP contribution in [0, 0.1) is 6.92 Å². The second-order valence-corrected chi connectivity index (χ2v) is 5.74. The zero-order valence-electron chi connectivity index (χ0n) is 10.4. The van der Waals surface area contributed by atoms with Gasteiger partial charge in [0.15, 0.2) is 0 Å². The van der Waals surface area contributed by atoms with Crippen LogP contribution in [-0.2, 0) is 0 Å². The monoisotopic (exact) mass is 299 g/mol. The third-order valence-corrected chi connectivity index (χ3v) is 2.95. The number of hydrogen-bond acceptors (Lipinski definition) is 2. The highest BCUT2D eigenvalue weighted by atomic mass is 79.9. The molecule has 0 unspecified atom stereocenters. The molecule has 0 fully saturated rings. The van der Waals surface area contributed by atoms with Gasteiger partial charge in [-0.3, -0.25) is 4.79 Å². The second kappa shape index (κ2) is 5.65. The van der Waals surface area contributed by atoms with E-state index in [0.717, 1.165) is 10.0 Å². The van der Waals surface area contributed by atoms with E-state index in [9.17, 15) is 4.79 Å². The average Bonchev–Trinajstić information content (AvgIpc) is 2.14. The Bertz CT molecular complexity index is 396. The first kappa shape index (κ1) is 14.2. The summed E-state index contributed by atoms with van der Waals surface area (Å²) in [6, 6.07) is 5.59. The number of amides is 1. The van der Waals surface area contributed by atoms with E-state index in [2.05, 4.69) is 21.2 Å². The molecule has 4 heteroatoms. The Hall–Kier alpha value is -0.870. The predicted octanol–water partition coefficient (Wildman–Crippen LogP) is 2.65. The number of nitrogens with one attached hydrogen (secondary N) is 1. The van der Waals surface area contributed by atoms with Crippen LogP contribution >= 0.6 is 15.9 Å². The van der Waals surface area contributed by atoms with Crippen molar-refractivity contribution in [3.05, 3.63) is 33.8 Å². The highest BCUT2D eigenvalue weighted by molar-refractivity contribution is 9.10. The summed E-state index contributed by atoms with van der Waals surface area (Å²) in [5.74, 6) is -0.118. The number of hydrogen-bond donors (Lipinski definition) is 2. The lowest BCUT2D eigenvalue weighted by molar-refractivity contribution is 0.0899. The standard InChI is InChI=1S/C13H18BrNO2/c1-9-6-10(8-11(14)7-9)12(17)15-13(2,3)4-5-16/h6-8,16H,4-5H2,1-3H3,(H,15,17). The van der Waals surface area contributed by atoms with Crippen LogP contribution < -0.4 is 5.32 Å². The van der Waals surface area contributed by atoms with Crippen molar-refractivity contribution in [3.63, 3.8) is 0 Å². The minimum Gasteiger partial charge on any atom is -0.396 e. The first-order valence-electron chi connectivity index (χ1n) is 5.54. The van der Waals surface area contributed by atoms with Crippen LogP contribution in [0.3, 0.4) is 0 Å². The molecular weight excluding hydrogens is 282 g/mol. The van der Waals surface area contributed by atoms with Gasteiger partial charge in [-0.15, -0.1) is 0 Å². The molecule has 1 amide bonds. The van der Waals surface area contributed by atoms with E-state index in [1.807, 2.05) is 32.9 Å². The molecule has 0 radical (unpaired) electrons. The maximum atomic E-state index is 12.0. The van der Waals surface area contributed by atoms with Crippen LogP contribution in [0.2, 0.25) is 0 Å². The van der Waals surface area contributed by atoms with Crippen LogP contribution in [0.25, 0.3) is 0 Å². The van der Waals surface area contributed by atoms with Crippen molar-refractivity contribution in [3.8, 4) is 0 Å². The lowest BCUT2D eigenvalue weighted by Crippen LogP contribution is -2.44. The Morgan fingerprint density at radius 1 is 1.41 bits per heavy atom. The van der Waals surface area contributed by atoms with E-state index in [1.165, 1.54) is 0 Å². The van der Waals surface area contributed by atoms with Gasteiger partial charge in [-0.25, -0.2) is 0 Å². The molecule has 0 aliphatic heterocycles. The molecule has 1 aromatic rings. The molecule has 0 spiro atoms. The topological polar surface area (TPSA) is 49.3 Å². The average molecular weight is 300 g/mol. The van der Waals surface area contributed by atoms with E-state index in [-0.39, 0.29) is 12.5 Å². The van der Waals surface area contributed by atoms with Gasteiger partial charge in [0.05, 0.1) is 0 Å². The number of carbonyl (C=O) groups excluding carboxylic acids is 1. The molecule has 1 rings (SSSR count). The number of aryl methyl sites for hydroxylation is 1. The quantitative estimate of drug-likeness (QED) is 0.898. The summed E-state index contributed by atoms with van der Waals surface area (Å²) in [6.45, 7) is 5.79. The Labute approximate surface area is 110 Å². The van der Waals surface area contributed by atoms with Crippen LogP contribution in [0.5, 0.6) is 0 Å². The molecule has 1 aromatic carbocycles. The van der Waals surface area contributed by atoms with Gasteiger partial charge in [0.1, 0.15) is 0 Å². The maximum Gasteiger partial charge on any atom is 0.251 e. The summed E-state index contributed by atoms with van der Waals surface area (Å²) < 4.78 is 0.891. The molecule has 17 heavy (non-hydrogen) atoms. The molecule has 94 valence electrons. The molecule has 0 saturated carbocycles. The van der Waals surface area contributed by atoms with E-state index < -0.39 is 5.54 Å². The Balaban J connectivity index is 2.83. The van der Waals surface area contributed by atoms with Crippen molar-refractivity contribution in [2.24, 2.45) is 0 Å². The summed E-state index contributed by atoms with van der Waals surface area (Å²) in [4.78, 5) is 12.0. The van der Waals surface area contributed by atoms with Gasteiger partial charge in [0.25, 0.3) is 5.91 Å². The Morgan fingerprint density at radius 3 is 2.59 bits per heavy atom. The lowest BCUT2D eigenvalue weighted by atomic mass is 10.0. The summed E-state index contributed by atoms with van der Waals surface area (Å²) in [7, 11) is 0. The third kappa shape index (κ3) is 4.48. The molecule has 0 heterocycles. The van der Waals surface area contributed by atoms with E-state index in [0.29, 0.717) is 12.0 Å². The molecular formula is C13H18BrNO2. The summed E-state index contributed by atoms with van der Waals surface area (Å²) in [5.41, 5.74) is 1.26. The SMILES string of the molecule is Cc1cc(Br)cc(C(=O)NC(C)(C)CCO)c1. The van der Waals surface area contributed by atoms with Crippen LogP contribution in [0.1, 0.15) is 36.2 Å². The van der Waals surface area contributed by atoms with Gasteiger partial charge in [0.2, 0.25) is 0 Å². The fraction of sp³-hybridized carbons (Fsp3) is 0.462. The van der Waals surface area contributed by atoms with E-state index in [4.69, 9.17) is 5.11 Å². The zero-order valence-corrected chi connectivity index (χ0v) is 12.0. The molecule has 3 nitrogen and oxygen atoms in total. The summed E-state index contributed by atoms with van der Waals surface area (Å²) in [5, 5.41) is 11.8. The molecule has 0 aromatic heterocycles. The molecule has 0 saturated heterocycles. The molecule has 0 aliphatic rings. The van der Waals surface area contributed by atoms with Gasteiger partial charge in [-0.1, -0.05) is 15.9 Å². The first-order chi connectivity index (χ1) is 7.84. The van der Waals surface area contributed by atoms with Gasteiger partial charge < -0.3 is 10.4 Å². The Morgan fingerprint density at radius 2 is 2.06 bits per heavy atom. The van der Waals surface area contributed by atoms with Gasteiger partial charge >= 0.3 is 0 Å². The fourth-order valence-electron chi connectivity index (χ4n) is 1.59. The smallest absolute Gasteiger partial charge is 0.251 e. The maximum absolute atomic E-state index is 12.0. The highest BCUT2D eigenvalue weighted by Crippen LogP contribution is 2.16. The minimum absolute atomic E-state index is 0.0603. The molecule has 0 atom stereocenters.